The van der Waals surface area contributed by atoms with Crippen LogP contribution in [0.5, 0.6) is 11.5 Å². The van der Waals surface area contributed by atoms with E-state index in [1.54, 1.807) is 79.9 Å². The van der Waals surface area contributed by atoms with Crippen molar-refractivity contribution in [2.75, 3.05) is 19.0 Å². The third kappa shape index (κ3) is 6.11. The summed E-state index contributed by atoms with van der Waals surface area (Å²) in [6, 6.07) is 20.1. The van der Waals surface area contributed by atoms with Crippen LogP contribution in [-0.4, -0.2) is 28.0 Å². The summed E-state index contributed by atoms with van der Waals surface area (Å²) in [5.74, 6) is 0.585. The summed E-state index contributed by atoms with van der Waals surface area (Å²) in [5, 5.41) is 2.86. The Hall–Kier alpha value is -3.32. The Morgan fingerprint density at radius 2 is 1.75 bits per heavy atom. The van der Waals surface area contributed by atoms with E-state index in [1.807, 2.05) is 0 Å². The highest BCUT2D eigenvalue weighted by atomic mass is 32.2. The number of rotatable bonds is 10. The first kappa shape index (κ1) is 23.3. The average molecular weight is 454 g/mol. The number of carbonyl (C=O) groups is 1. The van der Waals surface area contributed by atoms with E-state index in [0.29, 0.717) is 34.9 Å². The molecule has 0 radical (unpaired) electrons. The first-order valence-corrected chi connectivity index (χ1v) is 12.1. The molecule has 0 aliphatic carbocycles. The molecule has 0 bridgehead atoms. The van der Waals surface area contributed by atoms with E-state index >= 15 is 0 Å². The maximum absolute atomic E-state index is 12.9. The largest absolute Gasteiger partial charge is 0.497 e. The van der Waals surface area contributed by atoms with Crippen molar-refractivity contribution in [2.24, 2.45) is 0 Å². The van der Waals surface area contributed by atoms with Gasteiger partial charge in [-0.2, -0.15) is 0 Å². The van der Waals surface area contributed by atoms with Crippen LogP contribution >= 0.6 is 0 Å². The minimum atomic E-state index is -3.51. The molecule has 0 fully saturated rings. The quantitative estimate of drug-likeness (QED) is 0.432. The molecule has 0 saturated carbocycles. The molecule has 3 aromatic rings. The number of amides is 1. The number of unbranched alkanes of at least 4 members (excludes halogenated alkanes) is 1. The number of benzene rings is 3. The summed E-state index contributed by atoms with van der Waals surface area (Å²) < 4.78 is 36.4. The lowest BCUT2D eigenvalue weighted by molar-refractivity contribution is 0.102. The molecule has 168 valence electrons. The van der Waals surface area contributed by atoms with Gasteiger partial charge in [0.05, 0.1) is 30.1 Å². The molecule has 3 aromatic carbocycles. The molecule has 7 heteroatoms. The van der Waals surface area contributed by atoms with Crippen molar-refractivity contribution in [2.45, 2.75) is 30.4 Å². The van der Waals surface area contributed by atoms with Crippen molar-refractivity contribution < 1.29 is 22.7 Å². The number of carbonyl (C=O) groups excluding carboxylic acids is 1. The zero-order valence-corrected chi connectivity index (χ0v) is 19.0. The summed E-state index contributed by atoms with van der Waals surface area (Å²) >= 11 is 0. The van der Waals surface area contributed by atoms with Gasteiger partial charge in [0.15, 0.2) is 9.84 Å². The van der Waals surface area contributed by atoms with Crippen molar-refractivity contribution in [3.63, 3.8) is 0 Å². The molecule has 0 heterocycles. The molecule has 0 aliphatic heterocycles. The molecule has 0 unspecified atom stereocenters. The Kier molecular flexibility index (Phi) is 7.89. The molecule has 0 aliphatic rings. The Bertz CT molecular complexity index is 1160. The lowest BCUT2D eigenvalue weighted by Crippen LogP contribution is -2.14. The van der Waals surface area contributed by atoms with Crippen LogP contribution < -0.4 is 14.8 Å². The molecule has 0 saturated heterocycles. The number of sulfone groups is 1. The van der Waals surface area contributed by atoms with Crippen LogP contribution in [0.25, 0.3) is 0 Å². The molecule has 3 rings (SSSR count). The standard InChI is InChI=1S/C25H27NO5S/c1-3-4-15-31-24-14-13-21(30-2)17-23(24)26-25(27)20-10-8-9-19(16-20)18-32(28,29)22-11-6-5-7-12-22/h5-14,16-17H,3-4,15,18H2,1-2H3,(H,26,27). The van der Waals surface area contributed by atoms with Crippen molar-refractivity contribution in [1.29, 1.82) is 0 Å². The SMILES string of the molecule is CCCCOc1ccc(OC)cc1NC(=O)c1cccc(CS(=O)(=O)c2ccccc2)c1. The van der Waals surface area contributed by atoms with E-state index in [-0.39, 0.29) is 16.6 Å². The molecule has 6 nitrogen and oxygen atoms in total. The van der Waals surface area contributed by atoms with Crippen LogP contribution in [0.1, 0.15) is 35.7 Å². The highest BCUT2D eigenvalue weighted by Crippen LogP contribution is 2.30. The fraction of sp³-hybridized carbons (Fsp3) is 0.240. The molecular weight excluding hydrogens is 426 g/mol. The van der Waals surface area contributed by atoms with Gasteiger partial charge >= 0.3 is 0 Å². The van der Waals surface area contributed by atoms with Crippen LogP contribution in [0, 0.1) is 0 Å². The third-order valence-corrected chi connectivity index (χ3v) is 6.54. The van der Waals surface area contributed by atoms with Crippen LogP contribution in [0.2, 0.25) is 0 Å². The van der Waals surface area contributed by atoms with Crippen LogP contribution in [0.4, 0.5) is 5.69 Å². The van der Waals surface area contributed by atoms with E-state index in [0.717, 1.165) is 12.8 Å². The fourth-order valence-electron chi connectivity index (χ4n) is 3.11. The van der Waals surface area contributed by atoms with Gasteiger partial charge in [-0.1, -0.05) is 43.7 Å². The summed E-state index contributed by atoms with van der Waals surface area (Å²) in [5.41, 5.74) is 1.38. The number of hydrogen-bond acceptors (Lipinski definition) is 5. The predicted molar refractivity (Wildman–Crippen MR) is 125 cm³/mol. The Morgan fingerprint density at radius 3 is 2.47 bits per heavy atom. The summed E-state index contributed by atoms with van der Waals surface area (Å²) in [6.07, 6.45) is 1.90. The predicted octanol–water partition coefficient (Wildman–Crippen LogP) is 5.10. The number of anilines is 1. The summed E-state index contributed by atoms with van der Waals surface area (Å²) in [4.78, 5) is 13.2. The van der Waals surface area contributed by atoms with Crippen molar-refractivity contribution in [3.05, 3.63) is 83.9 Å². The van der Waals surface area contributed by atoms with Gasteiger partial charge in [-0.3, -0.25) is 4.79 Å². The van der Waals surface area contributed by atoms with Crippen LogP contribution in [0.3, 0.4) is 0 Å². The van der Waals surface area contributed by atoms with Gasteiger partial charge in [-0.25, -0.2) is 8.42 Å². The van der Waals surface area contributed by atoms with Gasteiger partial charge in [0.1, 0.15) is 11.5 Å². The molecule has 1 N–H and O–H groups in total. The Morgan fingerprint density at radius 1 is 0.969 bits per heavy atom. The van der Waals surface area contributed by atoms with Gasteiger partial charge in [0, 0.05) is 11.6 Å². The first-order valence-electron chi connectivity index (χ1n) is 10.4. The summed E-state index contributed by atoms with van der Waals surface area (Å²) in [6.45, 7) is 2.61. The first-order chi connectivity index (χ1) is 15.4. The van der Waals surface area contributed by atoms with Gasteiger partial charge in [0.2, 0.25) is 0 Å². The number of hydrogen-bond donors (Lipinski definition) is 1. The van der Waals surface area contributed by atoms with Gasteiger partial charge < -0.3 is 14.8 Å². The van der Waals surface area contributed by atoms with Gasteiger partial charge in [0.25, 0.3) is 5.91 Å². The molecular formula is C25H27NO5S. The number of nitrogens with one attached hydrogen (secondary N) is 1. The summed E-state index contributed by atoms with van der Waals surface area (Å²) in [7, 11) is -1.96. The lowest BCUT2D eigenvalue weighted by Gasteiger charge is -2.14. The Labute approximate surface area is 189 Å². The highest BCUT2D eigenvalue weighted by Gasteiger charge is 2.17. The normalized spacial score (nSPS) is 11.1. The molecule has 1 amide bonds. The van der Waals surface area contributed by atoms with Gasteiger partial charge in [-0.05, 0) is 48.4 Å². The number of methoxy groups -OCH3 is 1. The minimum Gasteiger partial charge on any atom is -0.497 e. The molecule has 0 spiro atoms. The van der Waals surface area contributed by atoms with Crippen molar-refractivity contribution in [1.82, 2.24) is 0 Å². The maximum atomic E-state index is 12.9. The van der Waals surface area contributed by atoms with Crippen molar-refractivity contribution >= 4 is 21.4 Å². The second-order valence-electron chi connectivity index (χ2n) is 7.29. The highest BCUT2D eigenvalue weighted by molar-refractivity contribution is 7.90. The van der Waals surface area contributed by atoms with E-state index in [2.05, 4.69) is 12.2 Å². The average Bonchev–Trinajstić information content (AvgIpc) is 2.80. The second kappa shape index (κ2) is 10.8. The van der Waals surface area contributed by atoms with E-state index in [1.165, 1.54) is 0 Å². The lowest BCUT2D eigenvalue weighted by atomic mass is 10.1. The van der Waals surface area contributed by atoms with Crippen LogP contribution in [-0.2, 0) is 15.6 Å². The van der Waals surface area contributed by atoms with Crippen molar-refractivity contribution in [3.8, 4) is 11.5 Å². The zero-order chi connectivity index (χ0) is 23.0. The molecule has 0 atom stereocenters. The zero-order valence-electron chi connectivity index (χ0n) is 18.2. The van der Waals surface area contributed by atoms with E-state index in [9.17, 15) is 13.2 Å². The Balaban J connectivity index is 1.79. The fourth-order valence-corrected chi connectivity index (χ4v) is 4.47. The maximum Gasteiger partial charge on any atom is 0.255 e. The number of ether oxygens (including phenoxy) is 2. The second-order valence-corrected chi connectivity index (χ2v) is 9.28. The minimum absolute atomic E-state index is 0.192. The van der Waals surface area contributed by atoms with E-state index in [4.69, 9.17) is 9.47 Å². The van der Waals surface area contributed by atoms with Gasteiger partial charge in [-0.15, -0.1) is 0 Å². The van der Waals surface area contributed by atoms with Crippen LogP contribution in [0.15, 0.2) is 77.7 Å². The molecule has 32 heavy (non-hydrogen) atoms. The van der Waals surface area contributed by atoms with E-state index < -0.39 is 9.84 Å². The topological polar surface area (TPSA) is 81.7 Å². The molecule has 0 aromatic heterocycles. The monoisotopic (exact) mass is 453 g/mol. The third-order valence-electron chi connectivity index (χ3n) is 4.84. The smallest absolute Gasteiger partial charge is 0.255 e.